The minimum Gasteiger partial charge on any atom is -0.349 e. The van der Waals surface area contributed by atoms with Gasteiger partial charge in [0.25, 0.3) is 5.91 Å². The lowest BCUT2D eigenvalue weighted by molar-refractivity contribution is 0.0823. The van der Waals surface area contributed by atoms with Crippen LogP contribution in [0, 0.1) is 0 Å². The maximum Gasteiger partial charge on any atom is 0.270 e. The van der Waals surface area contributed by atoms with E-state index in [0.29, 0.717) is 18.8 Å². The van der Waals surface area contributed by atoms with Gasteiger partial charge in [0, 0.05) is 37.0 Å². The van der Waals surface area contributed by atoms with Gasteiger partial charge in [0.2, 0.25) is 0 Å². The first-order chi connectivity index (χ1) is 12.0. The van der Waals surface area contributed by atoms with Crippen molar-refractivity contribution in [2.24, 2.45) is 5.73 Å². The normalized spacial score (nSPS) is 15.0. The molecular formula is C19H26N4OS. The SMILES string of the molecule is CC(C)(CNC(=O)c1csc(CCN)n1)N1CCc2ccccc2C1. The largest absolute Gasteiger partial charge is 0.349 e. The third kappa shape index (κ3) is 4.26. The van der Waals surface area contributed by atoms with E-state index in [4.69, 9.17) is 5.73 Å². The van der Waals surface area contributed by atoms with E-state index < -0.39 is 0 Å². The third-order valence-electron chi connectivity index (χ3n) is 4.81. The molecule has 1 aromatic carbocycles. The molecule has 0 unspecified atom stereocenters. The number of nitrogens with two attached hydrogens (primary N) is 1. The lowest BCUT2D eigenvalue weighted by Crippen LogP contribution is -2.53. The first-order valence-corrected chi connectivity index (χ1v) is 9.62. The van der Waals surface area contributed by atoms with E-state index in [2.05, 4.69) is 53.3 Å². The Balaban J connectivity index is 1.59. The fourth-order valence-electron chi connectivity index (χ4n) is 3.16. The predicted molar refractivity (Wildman–Crippen MR) is 102 cm³/mol. The number of thiazole rings is 1. The number of nitrogens with zero attached hydrogens (tertiary/aromatic N) is 2. The molecule has 2 aromatic rings. The Morgan fingerprint density at radius 3 is 2.88 bits per heavy atom. The highest BCUT2D eigenvalue weighted by molar-refractivity contribution is 7.09. The van der Waals surface area contributed by atoms with Gasteiger partial charge in [0.15, 0.2) is 0 Å². The number of carbonyl (C=O) groups excluding carboxylic acids is 1. The van der Waals surface area contributed by atoms with Crippen molar-refractivity contribution >= 4 is 17.2 Å². The van der Waals surface area contributed by atoms with Crippen LogP contribution in [0.1, 0.15) is 40.5 Å². The van der Waals surface area contributed by atoms with E-state index in [9.17, 15) is 4.79 Å². The van der Waals surface area contributed by atoms with Gasteiger partial charge in [0.05, 0.1) is 5.01 Å². The van der Waals surface area contributed by atoms with Gasteiger partial charge in [-0.1, -0.05) is 24.3 Å². The lowest BCUT2D eigenvalue weighted by atomic mass is 9.94. The molecule has 134 valence electrons. The summed E-state index contributed by atoms with van der Waals surface area (Å²) in [5.41, 5.74) is 8.75. The fraction of sp³-hybridized carbons (Fsp3) is 0.474. The molecule has 25 heavy (non-hydrogen) atoms. The molecule has 1 aliphatic rings. The quantitative estimate of drug-likeness (QED) is 0.830. The standard InChI is InChI=1S/C19H26N4OS/c1-19(2,23-10-8-14-5-3-4-6-15(14)11-23)13-21-18(24)16-12-25-17(22-16)7-9-20/h3-6,12H,7-11,13,20H2,1-2H3,(H,21,24). The number of fused-ring (bicyclic) bond motifs is 1. The number of rotatable bonds is 6. The van der Waals surface area contributed by atoms with Crippen molar-refractivity contribution in [3.8, 4) is 0 Å². The topological polar surface area (TPSA) is 71.2 Å². The van der Waals surface area contributed by atoms with E-state index in [1.807, 2.05) is 5.38 Å². The second kappa shape index (κ2) is 7.64. The summed E-state index contributed by atoms with van der Waals surface area (Å²) in [5.74, 6) is -0.106. The van der Waals surface area contributed by atoms with Crippen LogP contribution in [0.4, 0.5) is 0 Å². The van der Waals surface area contributed by atoms with Crippen LogP contribution in [-0.2, 0) is 19.4 Å². The summed E-state index contributed by atoms with van der Waals surface area (Å²) >= 11 is 1.49. The summed E-state index contributed by atoms with van der Waals surface area (Å²) in [6.07, 6.45) is 1.78. The minimum absolute atomic E-state index is 0.106. The minimum atomic E-state index is -0.112. The van der Waals surface area contributed by atoms with Gasteiger partial charge in [-0.25, -0.2) is 4.98 Å². The summed E-state index contributed by atoms with van der Waals surface area (Å²) < 4.78 is 0. The molecule has 0 radical (unpaired) electrons. The Labute approximate surface area is 153 Å². The van der Waals surface area contributed by atoms with Crippen LogP contribution in [0.25, 0.3) is 0 Å². The van der Waals surface area contributed by atoms with Crippen molar-refractivity contribution in [3.63, 3.8) is 0 Å². The zero-order valence-corrected chi connectivity index (χ0v) is 15.7. The highest BCUT2D eigenvalue weighted by Crippen LogP contribution is 2.25. The zero-order chi connectivity index (χ0) is 17.9. The summed E-state index contributed by atoms with van der Waals surface area (Å²) in [4.78, 5) is 19.2. The van der Waals surface area contributed by atoms with Gasteiger partial charge < -0.3 is 11.1 Å². The van der Waals surface area contributed by atoms with Crippen molar-refractivity contribution in [1.82, 2.24) is 15.2 Å². The average molecular weight is 359 g/mol. The maximum absolute atomic E-state index is 12.4. The fourth-order valence-corrected chi connectivity index (χ4v) is 3.96. The molecule has 0 bridgehead atoms. The number of benzene rings is 1. The van der Waals surface area contributed by atoms with Crippen LogP contribution in [0.2, 0.25) is 0 Å². The number of hydrogen-bond acceptors (Lipinski definition) is 5. The molecule has 0 aliphatic carbocycles. The Kier molecular flexibility index (Phi) is 5.51. The molecule has 3 rings (SSSR count). The van der Waals surface area contributed by atoms with E-state index in [1.54, 1.807) is 0 Å². The average Bonchev–Trinajstić information content (AvgIpc) is 3.08. The molecular weight excluding hydrogens is 332 g/mol. The molecule has 0 saturated carbocycles. The van der Waals surface area contributed by atoms with Crippen LogP contribution in [0.3, 0.4) is 0 Å². The van der Waals surface area contributed by atoms with E-state index in [-0.39, 0.29) is 11.4 Å². The van der Waals surface area contributed by atoms with Gasteiger partial charge >= 0.3 is 0 Å². The zero-order valence-electron chi connectivity index (χ0n) is 14.9. The predicted octanol–water partition coefficient (Wildman–Crippen LogP) is 2.21. The van der Waals surface area contributed by atoms with E-state index in [1.165, 1.54) is 22.5 Å². The highest BCUT2D eigenvalue weighted by Gasteiger charge is 2.30. The van der Waals surface area contributed by atoms with Gasteiger partial charge in [-0.2, -0.15) is 0 Å². The van der Waals surface area contributed by atoms with Crippen molar-refractivity contribution in [2.45, 2.75) is 38.8 Å². The Morgan fingerprint density at radius 1 is 1.36 bits per heavy atom. The number of hydrogen-bond donors (Lipinski definition) is 2. The molecule has 3 N–H and O–H groups in total. The smallest absolute Gasteiger partial charge is 0.270 e. The summed E-state index contributed by atoms with van der Waals surface area (Å²) in [7, 11) is 0. The van der Waals surface area contributed by atoms with Crippen molar-refractivity contribution in [1.29, 1.82) is 0 Å². The molecule has 0 spiro atoms. The third-order valence-corrected chi connectivity index (χ3v) is 5.72. The van der Waals surface area contributed by atoms with Crippen molar-refractivity contribution < 1.29 is 4.79 Å². The summed E-state index contributed by atoms with van der Waals surface area (Å²) in [6, 6.07) is 8.61. The van der Waals surface area contributed by atoms with Gasteiger partial charge in [-0.05, 0) is 37.9 Å². The van der Waals surface area contributed by atoms with Gasteiger partial charge in [0.1, 0.15) is 5.69 Å². The van der Waals surface area contributed by atoms with Crippen LogP contribution >= 0.6 is 11.3 Å². The monoisotopic (exact) mass is 358 g/mol. The number of nitrogens with one attached hydrogen (secondary N) is 1. The number of amides is 1. The Morgan fingerprint density at radius 2 is 2.12 bits per heavy atom. The molecule has 5 nitrogen and oxygen atoms in total. The molecule has 0 fully saturated rings. The van der Waals surface area contributed by atoms with Crippen LogP contribution in [0.5, 0.6) is 0 Å². The first-order valence-electron chi connectivity index (χ1n) is 8.74. The van der Waals surface area contributed by atoms with Crippen molar-refractivity contribution in [3.05, 3.63) is 51.5 Å². The molecule has 1 aliphatic heterocycles. The van der Waals surface area contributed by atoms with Crippen LogP contribution in [0.15, 0.2) is 29.6 Å². The molecule has 6 heteroatoms. The molecule has 1 aromatic heterocycles. The van der Waals surface area contributed by atoms with Gasteiger partial charge in [-0.3, -0.25) is 9.69 Å². The highest BCUT2D eigenvalue weighted by atomic mass is 32.1. The molecule has 0 atom stereocenters. The number of carbonyl (C=O) groups is 1. The van der Waals surface area contributed by atoms with Crippen LogP contribution in [-0.4, -0.2) is 41.0 Å². The molecule has 0 saturated heterocycles. The Hall–Kier alpha value is -1.76. The number of aromatic nitrogens is 1. The summed E-state index contributed by atoms with van der Waals surface area (Å²) in [5, 5.41) is 5.77. The van der Waals surface area contributed by atoms with E-state index >= 15 is 0 Å². The molecule has 2 heterocycles. The second-order valence-corrected chi connectivity index (χ2v) is 8.04. The van der Waals surface area contributed by atoms with Gasteiger partial charge in [-0.15, -0.1) is 11.3 Å². The molecule has 1 amide bonds. The lowest BCUT2D eigenvalue weighted by Gasteiger charge is -2.41. The summed E-state index contributed by atoms with van der Waals surface area (Å²) in [6.45, 7) is 7.45. The van der Waals surface area contributed by atoms with Crippen molar-refractivity contribution in [2.75, 3.05) is 19.6 Å². The van der Waals surface area contributed by atoms with Crippen LogP contribution < -0.4 is 11.1 Å². The van der Waals surface area contributed by atoms with E-state index in [0.717, 1.165) is 30.9 Å². The maximum atomic E-state index is 12.4. The second-order valence-electron chi connectivity index (χ2n) is 7.10. The Bertz CT molecular complexity index is 741. The first kappa shape index (κ1) is 18.0.